The fraction of sp³-hybridized carbons (Fsp3) is 0.290. The number of aromatic carboxylic acids is 1. The zero-order chi connectivity index (χ0) is 29.5. The molecule has 1 unspecified atom stereocenters. The molecule has 1 fully saturated rings. The summed E-state index contributed by atoms with van der Waals surface area (Å²) in [6.07, 6.45) is 5.58. The second kappa shape index (κ2) is 11.4. The van der Waals surface area contributed by atoms with Gasteiger partial charge in [-0.2, -0.15) is 0 Å². The van der Waals surface area contributed by atoms with Crippen molar-refractivity contribution in [2.24, 2.45) is 0 Å². The number of H-pyrrole nitrogens is 1. The fourth-order valence-electron chi connectivity index (χ4n) is 5.52. The zero-order valence-electron chi connectivity index (χ0n) is 23.1. The van der Waals surface area contributed by atoms with Crippen molar-refractivity contribution in [1.29, 1.82) is 0 Å². The van der Waals surface area contributed by atoms with E-state index in [0.29, 0.717) is 41.6 Å². The highest BCUT2D eigenvalue weighted by atomic mass is 35.5. The average molecular weight is 603 g/mol. The van der Waals surface area contributed by atoms with Gasteiger partial charge in [0.15, 0.2) is 5.52 Å². The number of nitrogens with zero attached hydrogens (tertiary/aromatic N) is 5. The Bertz CT molecular complexity index is 1880. The predicted octanol–water partition coefficient (Wildman–Crippen LogP) is 5.46. The van der Waals surface area contributed by atoms with Crippen molar-refractivity contribution in [3.8, 4) is 5.88 Å². The maximum atomic E-state index is 14.3. The normalized spacial score (nSPS) is 17.3. The number of ether oxygens (including phenoxy) is 2. The minimum Gasteiger partial charge on any atom is -0.478 e. The second-order valence-corrected chi connectivity index (χ2v) is 11.2. The molecular weight excluding hydrogens is 575 g/mol. The van der Waals surface area contributed by atoms with E-state index in [4.69, 9.17) is 31.0 Å². The van der Waals surface area contributed by atoms with Crippen molar-refractivity contribution in [1.82, 2.24) is 29.4 Å². The van der Waals surface area contributed by atoms with Gasteiger partial charge in [0.2, 0.25) is 5.88 Å². The number of nitrogens with one attached hydrogen (secondary N) is 1. The number of pyridine rings is 1. The van der Waals surface area contributed by atoms with E-state index in [1.807, 2.05) is 6.07 Å². The van der Waals surface area contributed by atoms with Crippen LogP contribution < -0.4 is 4.74 Å². The third kappa shape index (κ3) is 5.58. The summed E-state index contributed by atoms with van der Waals surface area (Å²) in [6.45, 7) is 3.46. The molecule has 43 heavy (non-hydrogen) atoms. The molecule has 1 saturated heterocycles. The monoisotopic (exact) mass is 602 g/mol. The third-order valence-corrected chi connectivity index (χ3v) is 8.23. The number of hydrogen-bond donors (Lipinski definition) is 2. The molecule has 12 heteroatoms. The number of carbonyl (C=O) groups is 1. The van der Waals surface area contributed by atoms with Crippen LogP contribution in [0.15, 0.2) is 54.9 Å². The van der Waals surface area contributed by atoms with Gasteiger partial charge in [-0.1, -0.05) is 23.7 Å². The molecule has 0 saturated carbocycles. The topological polar surface area (TPSA) is 118 Å². The van der Waals surface area contributed by atoms with Crippen molar-refractivity contribution in [3.05, 3.63) is 88.4 Å². The number of carboxylic acid groups (broad SMARTS) is 1. The van der Waals surface area contributed by atoms with Crippen LogP contribution in [0.5, 0.6) is 5.88 Å². The number of aromatic nitrogens is 5. The number of rotatable bonds is 9. The molecule has 10 nitrogen and oxygen atoms in total. The highest BCUT2D eigenvalue weighted by Crippen LogP contribution is 2.30. The summed E-state index contributed by atoms with van der Waals surface area (Å²) in [5, 5.41) is 9.84. The minimum atomic E-state index is -0.961. The Morgan fingerprint density at radius 2 is 2.09 bits per heavy atom. The van der Waals surface area contributed by atoms with Crippen LogP contribution in [0.1, 0.15) is 40.3 Å². The van der Waals surface area contributed by atoms with E-state index in [-0.39, 0.29) is 18.3 Å². The number of hydrogen-bond acceptors (Lipinski definition) is 7. The smallest absolute Gasteiger partial charge is 0.335 e. The second-order valence-electron chi connectivity index (χ2n) is 10.8. The SMILES string of the molecule is O=C(O)c1ccc2nc(CN3CC=C(c4cc5[nH]cnc5c(OCc5ccc(Cl)cc5F)n4)CC3)n(CC3CCO3)c2c1. The van der Waals surface area contributed by atoms with E-state index in [1.54, 1.807) is 36.7 Å². The van der Waals surface area contributed by atoms with Crippen LogP contribution >= 0.6 is 11.6 Å². The lowest BCUT2D eigenvalue weighted by molar-refractivity contribution is -0.0591. The van der Waals surface area contributed by atoms with Gasteiger partial charge in [0.05, 0.1) is 53.3 Å². The van der Waals surface area contributed by atoms with E-state index in [9.17, 15) is 14.3 Å². The van der Waals surface area contributed by atoms with Crippen molar-refractivity contribution in [2.45, 2.75) is 38.6 Å². The van der Waals surface area contributed by atoms with Gasteiger partial charge in [0.1, 0.15) is 18.2 Å². The minimum absolute atomic E-state index is 0.00486. The van der Waals surface area contributed by atoms with Gasteiger partial charge in [0, 0.05) is 30.3 Å². The highest BCUT2D eigenvalue weighted by Gasteiger charge is 2.24. The van der Waals surface area contributed by atoms with Crippen molar-refractivity contribution >= 4 is 45.2 Å². The first-order valence-electron chi connectivity index (χ1n) is 14.1. The molecule has 2 N–H and O–H groups in total. The quantitative estimate of drug-likeness (QED) is 0.228. The van der Waals surface area contributed by atoms with Crippen LogP contribution in [0.2, 0.25) is 5.02 Å². The van der Waals surface area contributed by atoms with E-state index in [2.05, 4.69) is 25.5 Å². The van der Waals surface area contributed by atoms with E-state index < -0.39 is 11.8 Å². The van der Waals surface area contributed by atoms with Gasteiger partial charge in [0.25, 0.3) is 0 Å². The number of halogens is 2. The molecule has 220 valence electrons. The maximum Gasteiger partial charge on any atom is 0.335 e. The van der Waals surface area contributed by atoms with E-state index in [0.717, 1.165) is 59.6 Å². The van der Waals surface area contributed by atoms with Crippen LogP contribution in [0.3, 0.4) is 0 Å². The molecule has 0 amide bonds. The van der Waals surface area contributed by atoms with Gasteiger partial charge >= 0.3 is 5.97 Å². The molecule has 2 aromatic carbocycles. The molecule has 5 heterocycles. The van der Waals surface area contributed by atoms with Crippen LogP contribution in [0.25, 0.3) is 27.6 Å². The Labute approximate surface area is 250 Å². The van der Waals surface area contributed by atoms with Gasteiger partial charge in [-0.25, -0.2) is 24.1 Å². The van der Waals surface area contributed by atoms with Gasteiger partial charge in [-0.15, -0.1) is 0 Å². The number of fused-ring (bicyclic) bond motifs is 2. The van der Waals surface area contributed by atoms with E-state index in [1.165, 1.54) is 6.07 Å². The van der Waals surface area contributed by atoms with Crippen molar-refractivity contribution < 1.29 is 23.8 Å². The standard InChI is InChI=1S/C31H28ClFN6O4/c32-21-3-1-20(23(33)12-21)16-43-30-29-26(34-17-35-29)13-25(37-30)18-5-8-38(9-6-18)15-28-36-24-4-2-19(31(40)41)11-27(24)39(28)14-22-7-10-42-22/h1-5,11-13,17,22H,6-10,14-16H2,(H,34,35)(H,40,41). The molecule has 0 aliphatic carbocycles. The zero-order valence-corrected chi connectivity index (χ0v) is 23.9. The summed E-state index contributed by atoms with van der Waals surface area (Å²) >= 11 is 5.88. The molecular formula is C31H28ClFN6O4. The first-order chi connectivity index (χ1) is 20.9. The summed E-state index contributed by atoms with van der Waals surface area (Å²) in [5.74, 6) is -0.184. The summed E-state index contributed by atoms with van der Waals surface area (Å²) < 4.78 is 28.1. The van der Waals surface area contributed by atoms with Crippen LogP contribution in [0, 0.1) is 5.82 Å². The molecule has 5 aromatic rings. The van der Waals surface area contributed by atoms with Gasteiger partial charge in [-0.05, 0) is 54.8 Å². The number of carboxylic acids is 1. The Morgan fingerprint density at radius 3 is 2.84 bits per heavy atom. The first-order valence-corrected chi connectivity index (χ1v) is 14.5. The molecule has 1 atom stereocenters. The Balaban J connectivity index is 1.10. The van der Waals surface area contributed by atoms with Crippen molar-refractivity contribution in [2.75, 3.05) is 19.7 Å². The fourth-order valence-corrected chi connectivity index (χ4v) is 5.67. The Morgan fingerprint density at radius 1 is 1.21 bits per heavy atom. The Kier molecular flexibility index (Phi) is 7.29. The lowest BCUT2D eigenvalue weighted by Gasteiger charge is -2.29. The maximum absolute atomic E-state index is 14.3. The highest BCUT2D eigenvalue weighted by molar-refractivity contribution is 6.30. The molecule has 0 spiro atoms. The summed E-state index contributed by atoms with van der Waals surface area (Å²) in [7, 11) is 0. The number of aromatic amines is 1. The van der Waals surface area contributed by atoms with Crippen LogP contribution in [-0.4, -0.2) is 66.3 Å². The summed E-state index contributed by atoms with van der Waals surface area (Å²) in [6, 6.07) is 11.5. The molecule has 0 radical (unpaired) electrons. The molecule has 2 aliphatic heterocycles. The summed E-state index contributed by atoms with van der Waals surface area (Å²) in [5.41, 5.74) is 5.42. The lowest BCUT2D eigenvalue weighted by Crippen LogP contribution is -2.33. The molecule has 2 aliphatic rings. The lowest BCUT2D eigenvalue weighted by atomic mass is 10.0. The number of imidazole rings is 2. The Hall–Kier alpha value is -4.32. The average Bonchev–Trinajstić information content (AvgIpc) is 3.58. The third-order valence-electron chi connectivity index (χ3n) is 8.00. The predicted molar refractivity (Wildman–Crippen MR) is 159 cm³/mol. The van der Waals surface area contributed by atoms with Crippen LogP contribution in [0.4, 0.5) is 4.39 Å². The summed E-state index contributed by atoms with van der Waals surface area (Å²) in [4.78, 5) is 31.0. The first kappa shape index (κ1) is 27.5. The van der Waals surface area contributed by atoms with Gasteiger partial charge < -0.3 is 24.1 Å². The van der Waals surface area contributed by atoms with Crippen LogP contribution in [-0.2, 0) is 24.4 Å². The molecule has 3 aromatic heterocycles. The number of benzene rings is 2. The van der Waals surface area contributed by atoms with Crippen molar-refractivity contribution in [3.63, 3.8) is 0 Å². The molecule has 0 bridgehead atoms. The van der Waals surface area contributed by atoms with E-state index >= 15 is 0 Å². The molecule has 7 rings (SSSR count). The largest absolute Gasteiger partial charge is 0.478 e. The van der Waals surface area contributed by atoms with Gasteiger partial charge in [-0.3, -0.25) is 4.90 Å².